The van der Waals surface area contributed by atoms with Crippen LogP contribution in [-0.2, 0) is 0 Å². The summed E-state index contributed by atoms with van der Waals surface area (Å²) in [6, 6.07) is 0. The molecule has 2 heterocycles. The lowest BCUT2D eigenvalue weighted by Crippen LogP contribution is -2.42. The molecule has 2 aliphatic heterocycles. The van der Waals surface area contributed by atoms with Crippen molar-refractivity contribution in [2.45, 2.75) is 32.4 Å². The molecule has 2 aliphatic rings. The average Bonchev–Trinajstić information content (AvgIpc) is 2.82. The third kappa shape index (κ3) is 6.47. The van der Waals surface area contributed by atoms with Crippen LogP contribution >= 0.6 is 24.0 Å². The van der Waals surface area contributed by atoms with E-state index < -0.39 is 12.7 Å². The van der Waals surface area contributed by atoms with Gasteiger partial charge in [-0.1, -0.05) is 6.92 Å². The molecular weight excluding hydrogens is 408 g/mol. The molecule has 2 fully saturated rings. The van der Waals surface area contributed by atoms with Gasteiger partial charge in [-0.05, 0) is 37.6 Å². The number of nitrogens with two attached hydrogens (primary N) is 1. The first-order chi connectivity index (χ1) is 9.83. The van der Waals surface area contributed by atoms with Gasteiger partial charge >= 0.3 is 6.18 Å². The number of likely N-dealkylation sites (tertiary alicyclic amines) is 2. The smallest absolute Gasteiger partial charge is 0.370 e. The van der Waals surface area contributed by atoms with E-state index in [1.54, 1.807) is 0 Å². The number of halogens is 4. The predicted octanol–water partition coefficient (Wildman–Crippen LogP) is 2.54. The van der Waals surface area contributed by atoms with E-state index in [9.17, 15) is 13.2 Å². The molecule has 4 nitrogen and oxygen atoms in total. The largest absolute Gasteiger partial charge is 0.401 e. The van der Waals surface area contributed by atoms with Crippen molar-refractivity contribution in [1.82, 2.24) is 9.80 Å². The fourth-order valence-corrected chi connectivity index (χ4v) is 3.02. The molecule has 2 N–H and O–H groups in total. The number of rotatable bonds is 3. The second-order valence-electron chi connectivity index (χ2n) is 6.37. The normalized spacial score (nSPS) is 25.4. The third-order valence-electron chi connectivity index (χ3n) is 4.39. The maximum Gasteiger partial charge on any atom is 0.401 e. The van der Waals surface area contributed by atoms with E-state index in [1.807, 2.05) is 0 Å². The minimum absolute atomic E-state index is 0. The number of aliphatic imine (C=N–C) groups is 1. The maximum absolute atomic E-state index is 12.3. The van der Waals surface area contributed by atoms with Crippen LogP contribution in [0.15, 0.2) is 4.99 Å². The van der Waals surface area contributed by atoms with Crippen LogP contribution in [0.5, 0.6) is 0 Å². The molecule has 0 aromatic rings. The molecule has 2 rings (SSSR count). The van der Waals surface area contributed by atoms with Crippen LogP contribution in [0.1, 0.15) is 26.2 Å². The van der Waals surface area contributed by atoms with Gasteiger partial charge in [0.25, 0.3) is 0 Å². The van der Waals surface area contributed by atoms with Gasteiger partial charge in [0.1, 0.15) is 0 Å². The van der Waals surface area contributed by atoms with Gasteiger partial charge in [-0.3, -0.25) is 9.89 Å². The van der Waals surface area contributed by atoms with Gasteiger partial charge in [0.2, 0.25) is 0 Å². The van der Waals surface area contributed by atoms with Gasteiger partial charge in [0.05, 0.1) is 6.54 Å². The van der Waals surface area contributed by atoms with Crippen molar-refractivity contribution < 1.29 is 13.2 Å². The Hall–Kier alpha value is -0.250. The summed E-state index contributed by atoms with van der Waals surface area (Å²) in [5, 5.41) is 0. The Morgan fingerprint density at radius 3 is 2.41 bits per heavy atom. The number of alkyl halides is 3. The number of hydrogen-bond donors (Lipinski definition) is 1. The monoisotopic (exact) mass is 434 g/mol. The second kappa shape index (κ2) is 8.56. The lowest BCUT2D eigenvalue weighted by atomic mass is 10.00. The van der Waals surface area contributed by atoms with Crippen molar-refractivity contribution in [3.63, 3.8) is 0 Å². The fourth-order valence-electron chi connectivity index (χ4n) is 3.02. The third-order valence-corrected chi connectivity index (χ3v) is 4.39. The van der Waals surface area contributed by atoms with Crippen LogP contribution in [0.4, 0.5) is 13.2 Å². The lowest BCUT2D eigenvalue weighted by molar-refractivity contribution is -0.143. The molecule has 2 saturated heterocycles. The van der Waals surface area contributed by atoms with E-state index in [0.29, 0.717) is 25.6 Å². The Balaban J connectivity index is 0.00000242. The van der Waals surface area contributed by atoms with Gasteiger partial charge in [0, 0.05) is 26.2 Å². The van der Waals surface area contributed by atoms with E-state index in [-0.39, 0.29) is 29.9 Å². The second-order valence-corrected chi connectivity index (χ2v) is 6.37. The Morgan fingerprint density at radius 1 is 1.18 bits per heavy atom. The standard InChI is InChI=1S/C14H25F3N4.HI/c1-11-2-6-21(7-3-11)13(18)19-8-12-4-5-20(9-12)10-14(15,16)17;/h11-12H,2-10H2,1H3,(H2,18,19);1H. The highest BCUT2D eigenvalue weighted by molar-refractivity contribution is 14.0. The van der Waals surface area contributed by atoms with Crippen molar-refractivity contribution in [3.05, 3.63) is 0 Å². The fraction of sp³-hybridized carbons (Fsp3) is 0.929. The van der Waals surface area contributed by atoms with Gasteiger partial charge in [-0.15, -0.1) is 24.0 Å². The number of piperidine rings is 1. The Morgan fingerprint density at radius 2 is 1.82 bits per heavy atom. The molecule has 130 valence electrons. The summed E-state index contributed by atoms with van der Waals surface area (Å²) in [7, 11) is 0. The molecule has 22 heavy (non-hydrogen) atoms. The first-order valence-electron chi connectivity index (χ1n) is 7.67. The van der Waals surface area contributed by atoms with Crippen LogP contribution in [0, 0.1) is 11.8 Å². The van der Waals surface area contributed by atoms with E-state index in [2.05, 4.69) is 16.8 Å². The molecule has 0 aliphatic carbocycles. The van der Waals surface area contributed by atoms with Crippen LogP contribution in [0.3, 0.4) is 0 Å². The molecule has 0 bridgehead atoms. The zero-order chi connectivity index (χ0) is 15.5. The van der Waals surface area contributed by atoms with Crippen LogP contribution in [0.25, 0.3) is 0 Å². The Bertz CT molecular complexity index is 368. The zero-order valence-corrected chi connectivity index (χ0v) is 15.3. The molecule has 0 aromatic carbocycles. The van der Waals surface area contributed by atoms with Crippen molar-refractivity contribution in [1.29, 1.82) is 0 Å². The SMILES string of the molecule is CC1CCN(C(N)=NCC2CCN(CC(F)(F)F)C2)CC1.I. The molecule has 0 amide bonds. The van der Waals surface area contributed by atoms with Gasteiger partial charge in [-0.25, -0.2) is 0 Å². The quantitative estimate of drug-likeness (QED) is 0.422. The summed E-state index contributed by atoms with van der Waals surface area (Å²) in [6.45, 7) is 4.79. The number of nitrogens with zero attached hydrogens (tertiary/aromatic N) is 3. The molecule has 0 saturated carbocycles. The summed E-state index contributed by atoms with van der Waals surface area (Å²) in [6.07, 6.45) is -1.09. The highest BCUT2D eigenvalue weighted by Crippen LogP contribution is 2.23. The van der Waals surface area contributed by atoms with Crippen molar-refractivity contribution >= 4 is 29.9 Å². The van der Waals surface area contributed by atoms with E-state index >= 15 is 0 Å². The number of hydrogen-bond acceptors (Lipinski definition) is 2. The van der Waals surface area contributed by atoms with E-state index in [4.69, 9.17) is 5.73 Å². The topological polar surface area (TPSA) is 44.9 Å². The van der Waals surface area contributed by atoms with Gasteiger partial charge < -0.3 is 10.6 Å². The minimum atomic E-state index is -4.11. The van der Waals surface area contributed by atoms with Crippen LogP contribution in [-0.4, -0.2) is 61.2 Å². The van der Waals surface area contributed by atoms with E-state index in [1.165, 1.54) is 4.90 Å². The molecule has 1 unspecified atom stereocenters. The molecule has 0 spiro atoms. The Labute approximate surface area is 147 Å². The molecule has 0 radical (unpaired) electrons. The summed E-state index contributed by atoms with van der Waals surface area (Å²) >= 11 is 0. The minimum Gasteiger partial charge on any atom is -0.370 e. The van der Waals surface area contributed by atoms with Crippen LogP contribution in [0.2, 0.25) is 0 Å². The summed E-state index contributed by atoms with van der Waals surface area (Å²) in [4.78, 5) is 7.94. The highest BCUT2D eigenvalue weighted by atomic mass is 127. The molecule has 8 heteroatoms. The average molecular weight is 434 g/mol. The highest BCUT2D eigenvalue weighted by Gasteiger charge is 2.34. The summed E-state index contributed by atoms with van der Waals surface area (Å²) in [5.41, 5.74) is 5.99. The molecule has 0 aromatic heterocycles. The summed E-state index contributed by atoms with van der Waals surface area (Å²) in [5.74, 6) is 1.48. The zero-order valence-electron chi connectivity index (χ0n) is 13.0. The lowest BCUT2D eigenvalue weighted by Gasteiger charge is -2.31. The number of guanidine groups is 1. The van der Waals surface area contributed by atoms with Crippen molar-refractivity contribution in [2.75, 3.05) is 39.3 Å². The van der Waals surface area contributed by atoms with Crippen LogP contribution < -0.4 is 5.73 Å². The molecule has 1 atom stereocenters. The van der Waals surface area contributed by atoms with Crippen molar-refractivity contribution in [3.8, 4) is 0 Å². The first-order valence-corrected chi connectivity index (χ1v) is 7.67. The van der Waals surface area contributed by atoms with Gasteiger partial charge in [-0.2, -0.15) is 13.2 Å². The Kier molecular flexibility index (Phi) is 7.70. The van der Waals surface area contributed by atoms with Gasteiger partial charge in [0.15, 0.2) is 5.96 Å². The maximum atomic E-state index is 12.3. The van der Waals surface area contributed by atoms with Crippen molar-refractivity contribution in [2.24, 2.45) is 22.6 Å². The first kappa shape index (κ1) is 19.8. The predicted molar refractivity (Wildman–Crippen MR) is 92.5 cm³/mol. The summed E-state index contributed by atoms with van der Waals surface area (Å²) < 4.78 is 37.0. The van der Waals surface area contributed by atoms with E-state index in [0.717, 1.165) is 38.3 Å². The molecular formula is C14H26F3IN4.